The van der Waals surface area contributed by atoms with Crippen molar-refractivity contribution in [3.63, 3.8) is 0 Å². The van der Waals surface area contributed by atoms with Crippen molar-refractivity contribution in [2.45, 2.75) is 13.0 Å². The molecule has 0 saturated heterocycles. The molecule has 0 radical (unpaired) electrons. The van der Waals surface area contributed by atoms with Crippen LogP contribution in [-0.4, -0.2) is 29.9 Å². The van der Waals surface area contributed by atoms with Gasteiger partial charge in [-0.05, 0) is 43.9 Å². The Morgan fingerprint density at radius 1 is 1.12 bits per heavy atom. The van der Waals surface area contributed by atoms with E-state index < -0.39 is 0 Å². The number of aromatic nitrogens is 1. The Kier molecular flexibility index (Phi) is 5.26. The summed E-state index contributed by atoms with van der Waals surface area (Å²) in [5.41, 5.74) is 3.44. The van der Waals surface area contributed by atoms with Gasteiger partial charge < -0.3 is 14.6 Å². The number of nitrogens with zero attached hydrogens (tertiary/aromatic N) is 2. The van der Waals surface area contributed by atoms with Gasteiger partial charge in [-0.3, -0.25) is 4.79 Å². The summed E-state index contributed by atoms with van der Waals surface area (Å²) < 4.78 is 5.47. The number of amides is 1. The van der Waals surface area contributed by atoms with Gasteiger partial charge in [-0.1, -0.05) is 30.3 Å². The van der Waals surface area contributed by atoms with Gasteiger partial charge in [-0.2, -0.15) is 0 Å². The van der Waals surface area contributed by atoms with Gasteiger partial charge in [0.05, 0.1) is 12.1 Å². The zero-order valence-electron chi connectivity index (χ0n) is 14.4. The van der Waals surface area contributed by atoms with Crippen LogP contribution in [0, 0.1) is 0 Å². The van der Waals surface area contributed by atoms with Crippen LogP contribution < -0.4 is 5.32 Å². The molecular weight excluding hydrogens is 314 g/mol. The Bertz CT molecular complexity index is 841. The van der Waals surface area contributed by atoms with Crippen LogP contribution in [0.1, 0.15) is 11.3 Å². The number of carbonyl (C=O) groups excluding carboxylic acids is 1. The lowest BCUT2D eigenvalue weighted by Gasteiger charge is -2.11. The van der Waals surface area contributed by atoms with E-state index in [0.717, 1.165) is 23.4 Å². The molecule has 25 heavy (non-hydrogen) atoms. The van der Waals surface area contributed by atoms with Crippen LogP contribution in [0.15, 0.2) is 65.3 Å². The van der Waals surface area contributed by atoms with Gasteiger partial charge in [0.15, 0.2) is 0 Å². The van der Waals surface area contributed by atoms with Crippen LogP contribution >= 0.6 is 0 Å². The molecule has 0 unspecified atom stereocenters. The Morgan fingerprint density at radius 2 is 1.92 bits per heavy atom. The van der Waals surface area contributed by atoms with E-state index in [1.165, 1.54) is 6.26 Å². The van der Waals surface area contributed by atoms with Crippen LogP contribution in [0.4, 0.5) is 5.69 Å². The van der Waals surface area contributed by atoms with Crippen LogP contribution in [0.25, 0.3) is 11.5 Å². The molecule has 0 aliphatic carbocycles. The summed E-state index contributed by atoms with van der Waals surface area (Å²) in [6.45, 7) is 0.827. The number of oxazole rings is 1. The lowest BCUT2D eigenvalue weighted by Crippen LogP contribution is -2.15. The highest BCUT2D eigenvalue weighted by atomic mass is 16.3. The molecule has 0 atom stereocenters. The smallest absolute Gasteiger partial charge is 0.230 e. The summed E-state index contributed by atoms with van der Waals surface area (Å²) in [5.74, 6) is 0.409. The second-order valence-electron chi connectivity index (χ2n) is 6.17. The second-order valence-corrected chi connectivity index (χ2v) is 6.17. The molecule has 0 aliphatic heterocycles. The van der Waals surface area contributed by atoms with Gasteiger partial charge in [0.2, 0.25) is 11.8 Å². The molecule has 0 spiro atoms. The summed E-state index contributed by atoms with van der Waals surface area (Å²) in [4.78, 5) is 18.7. The van der Waals surface area contributed by atoms with Crippen molar-refractivity contribution in [3.05, 3.63) is 72.1 Å². The zero-order chi connectivity index (χ0) is 17.6. The minimum atomic E-state index is -0.116. The Morgan fingerprint density at radius 3 is 2.68 bits per heavy atom. The van der Waals surface area contributed by atoms with Crippen molar-refractivity contribution in [1.82, 2.24) is 9.88 Å². The number of benzene rings is 2. The quantitative estimate of drug-likeness (QED) is 0.748. The van der Waals surface area contributed by atoms with E-state index in [-0.39, 0.29) is 12.3 Å². The lowest BCUT2D eigenvalue weighted by atomic mass is 10.2. The van der Waals surface area contributed by atoms with Crippen molar-refractivity contribution in [2.24, 2.45) is 0 Å². The number of nitrogens with one attached hydrogen (secondary N) is 1. The third-order valence-corrected chi connectivity index (χ3v) is 3.62. The van der Waals surface area contributed by atoms with Gasteiger partial charge in [0, 0.05) is 17.8 Å². The van der Waals surface area contributed by atoms with Gasteiger partial charge in [-0.25, -0.2) is 4.98 Å². The molecule has 2 aromatic carbocycles. The first-order valence-electron chi connectivity index (χ1n) is 8.13. The predicted octanol–water partition coefficient (Wildman–Crippen LogP) is 3.58. The Labute approximate surface area is 147 Å². The fourth-order valence-electron chi connectivity index (χ4n) is 2.58. The molecule has 1 amide bonds. The molecule has 5 heteroatoms. The van der Waals surface area contributed by atoms with Crippen LogP contribution in [0.5, 0.6) is 0 Å². The van der Waals surface area contributed by atoms with E-state index in [9.17, 15) is 4.79 Å². The first-order chi connectivity index (χ1) is 12.1. The number of anilines is 1. The molecule has 1 N–H and O–H groups in total. The maximum Gasteiger partial charge on any atom is 0.230 e. The summed E-state index contributed by atoms with van der Waals surface area (Å²) >= 11 is 0. The summed E-state index contributed by atoms with van der Waals surface area (Å²) in [6.07, 6.45) is 1.71. The van der Waals surface area contributed by atoms with Crippen molar-refractivity contribution in [1.29, 1.82) is 0 Å². The Balaban J connectivity index is 1.62. The molecule has 1 aromatic heterocycles. The normalized spacial score (nSPS) is 10.8. The number of hydrogen-bond acceptors (Lipinski definition) is 4. The standard InChI is InChI=1S/C20H21N3O2/c1-23(2)13-15-7-6-10-17(11-15)21-19(24)12-18-14-25-20(22-18)16-8-4-3-5-9-16/h3-11,14H,12-13H2,1-2H3,(H,21,24). The fraction of sp³-hybridized carbons (Fsp3) is 0.200. The zero-order valence-corrected chi connectivity index (χ0v) is 14.4. The van der Waals surface area contributed by atoms with E-state index in [2.05, 4.69) is 15.2 Å². The first-order valence-corrected chi connectivity index (χ1v) is 8.13. The number of hydrogen-bond donors (Lipinski definition) is 1. The van der Waals surface area contributed by atoms with Crippen molar-refractivity contribution < 1.29 is 9.21 Å². The van der Waals surface area contributed by atoms with E-state index in [1.807, 2.05) is 68.7 Å². The highest BCUT2D eigenvalue weighted by Crippen LogP contribution is 2.18. The Hall–Kier alpha value is -2.92. The third kappa shape index (κ3) is 4.78. The second kappa shape index (κ2) is 7.77. The van der Waals surface area contributed by atoms with Crippen molar-refractivity contribution >= 4 is 11.6 Å². The minimum Gasteiger partial charge on any atom is -0.444 e. The summed E-state index contributed by atoms with van der Waals surface area (Å²) in [5, 5.41) is 2.91. The van der Waals surface area contributed by atoms with E-state index >= 15 is 0 Å². The minimum absolute atomic E-state index is 0.116. The molecule has 0 bridgehead atoms. The van der Waals surface area contributed by atoms with E-state index in [0.29, 0.717) is 11.6 Å². The molecular formula is C20H21N3O2. The summed E-state index contributed by atoms with van der Waals surface area (Å²) in [7, 11) is 4.03. The molecule has 3 rings (SSSR count). The van der Waals surface area contributed by atoms with Crippen LogP contribution in [0.2, 0.25) is 0 Å². The largest absolute Gasteiger partial charge is 0.444 e. The monoisotopic (exact) mass is 335 g/mol. The van der Waals surface area contributed by atoms with Gasteiger partial charge in [0.25, 0.3) is 0 Å². The topological polar surface area (TPSA) is 58.4 Å². The van der Waals surface area contributed by atoms with Crippen LogP contribution in [0.3, 0.4) is 0 Å². The molecule has 0 saturated carbocycles. The van der Waals surface area contributed by atoms with Gasteiger partial charge in [0.1, 0.15) is 6.26 Å². The lowest BCUT2D eigenvalue weighted by molar-refractivity contribution is -0.115. The molecule has 128 valence electrons. The molecule has 3 aromatic rings. The van der Waals surface area contributed by atoms with Gasteiger partial charge in [-0.15, -0.1) is 0 Å². The first kappa shape index (κ1) is 16.9. The molecule has 5 nitrogen and oxygen atoms in total. The summed E-state index contributed by atoms with van der Waals surface area (Å²) in [6, 6.07) is 17.5. The van der Waals surface area contributed by atoms with Crippen molar-refractivity contribution in [2.75, 3.05) is 19.4 Å². The van der Waals surface area contributed by atoms with E-state index in [1.54, 1.807) is 0 Å². The van der Waals surface area contributed by atoms with Gasteiger partial charge >= 0.3 is 0 Å². The highest BCUT2D eigenvalue weighted by molar-refractivity contribution is 5.92. The average molecular weight is 335 g/mol. The van der Waals surface area contributed by atoms with Crippen molar-refractivity contribution in [3.8, 4) is 11.5 Å². The average Bonchev–Trinajstić information content (AvgIpc) is 3.03. The third-order valence-electron chi connectivity index (χ3n) is 3.62. The maximum atomic E-state index is 12.3. The highest BCUT2D eigenvalue weighted by Gasteiger charge is 2.11. The number of rotatable bonds is 6. The molecule has 1 heterocycles. The molecule has 0 aliphatic rings. The van der Waals surface area contributed by atoms with E-state index in [4.69, 9.17) is 4.42 Å². The SMILES string of the molecule is CN(C)Cc1cccc(NC(=O)Cc2coc(-c3ccccc3)n2)c1. The number of carbonyl (C=O) groups is 1. The fourth-order valence-corrected chi connectivity index (χ4v) is 2.58. The van der Waals surface area contributed by atoms with Crippen LogP contribution in [-0.2, 0) is 17.8 Å². The molecule has 0 fully saturated rings. The maximum absolute atomic E-state index is 12.3. The predicted molar refractivity (Wildman–Crippen MR) is 98.1 cm³/mol.